The van der Waals surface area contributed by atoms with Gasteiger partial charge in [-0.25, -0.2) is 13.2 Å². The summed E-state index contributed by atoms with van der Waals surface area (Å²) in [5.41, 5.74) is 1.39. The van der Waals surface area contributed by atoms with E-state index < -0.39 is 16.0 Å². The van der Waals surface area contributed by atoms with Crippen molar-refractivity contribution in [1.82, 2.24) is 4.31 Å². The second kappa shape index (κ2) is 7.19. The molecule has 0 radical (unpaired) electrons. The van der Waals surface area contributed by atoms with Crippen molar-refractivity contribution < 1.29 is 18.3 Å². The van der Waals surface area contributed by atoms with Crippen LogP contribution in [-0.4, -0.2) is 36.9 Å². The van der Waals surface area contributed by atoms with Gasteiger partial charge in [-0.05, 0) is 30.7 Å². The van der Waals surface area contributed by atoms with Gasteiger partial charge in [0.05, 0.1) is 4.90 Å². The summed E-state index contributed by atoms with van der Waals surface area (Å²) in [6, 6.07) is 6.08. The van der Waals surface area contributed by atoms with Crippen LogP contribution in [0.5, 0.6) is 0 Å². The third-order valence-corrected chi connectivity index (χ3v) is 4.67. The summed E-state index contributed by atoms with van der Waals surface area (Å²) in [5.74, 6) is -1.05. The van der Waals surface area contributed by atoms with E-state index in [9.17, 15) is 13.2 Å². The maximum atomic E-state index is 12.4. The number of carboxylic acids is 1. The number of hydrogen-bond donors (Lipinski definition) is 1. The SMILES string of the molecule is C=C(C)CN(CC)S(=O)(=O)c1ccc(/C=C/C(=O)O)cc1. The van der Waals surface area contributed by atoms with Crippen molar-refractivity contribution in [1.29, 1.82) is 0 Å². The predicted octanol–water partition coefficient (Wildman–Crippen LogP) is 2.37. The van der Waals surface area contributed by atoms with E-state index >= 15 is 0 Å². The molecule has 0 atom stereocenters. The number of hydrogen-bond acceptors (Lipinski definition) is 3. The van der Waals surface area contributed by atoms with Gasteiger partial charge in [-0.2, -0.15) is 4.31 Å². The first kappa shape index (κ1) is 17.1. The van der Waals surface area contributed by atoms with E-state index in [1.54, 1.807) is 26.0 Å². The van der Waals surface area contributed by atoms with Gasteiger partial charge in [-0.15, -0.1) is 0 Å². The Balaban J connectivity index is 3.03. The van der Waals surface area contributed by atoms with E-state index in [4.69, 9.17) is 5.11 Å². The molecule has 0 saturated carbocycles. The minimum absolute atomic E-state index is 0.179. The lowest BCUT2D eigenvalue weighted by Gasteiger charge is -2.20. The summed E-state index contributed by atoms with van der Waals surface area (Å²) in [6.07, 6.45) is 2.41. The fourth-order valence-corrected chi connectivity index (χ4v) is 3.24. The quantitative estimate of drug-likeness (QED) is 0.620. The second-order valence-corrected chi connectivity index (χ2v) is 6.57. The first-order valence-corrected chi connectivity index (χ1v) is 7.87. The van der Waals surface area contributed by atoms with Gasteiger partial charge in [-0.1, -0.05) is 31.2 Å². The molecule has 1 N–H and O–H groups in total. The number of benzene rings is 1. The van der Waals surface area contributed by atoms with Gasteiger partial charge in [0.2, 0.25) is 10.0 Å². The Morgan fingerprint density at radius 2 is 1.90 bits per heavy atom. The first-order valence-electron chi connectivity index (χ1n) is 6.43. The molecule has 5 nitrogen and oxygen atoms in total. The molecule has 21 heavy (non-hydrogen) atoms. The van der Waals surface area contributed by atoms with E-state index in [2.05, 4.69) is 6.58 Å². The van der Waals surface area contributed by atoms with Gasteiger partial charge in [0.15, 0.2) is 0 Å². The Morgan fingerprint density at radius 3 is 2.33 bits per heavy atom. The highest BCUT2D eigenvalue weighted by molar-refractivity contribution is 7.89. The zero-order chi connectivity index (χ0) is 16.0. The van der Waals surface area contributed by atoms with Gasteiger partial charge in [-0.3, -0.25) is 0 Å². The largest absolute Gasteiger partial charge is 0.478 e. The summed E-state index contributed by atoms with van der Waals surface area (Å²) in [5, 5.41) is 8.55. The highest BCUT2D eigenvalue weighted by Crippen LogP contribution is 2.17. The molecular formula is C15H19NO4S. The molecule has 0 aliphatic carbocycles. The average molecular weight is 309 g/mol. The van der Waals surface area contributed by atoms with Crippen LogP contribution in [0.15, 0.2) is 47.4 Å². The van der Waals surface area contributed by atoms with Crippen LogP contribution in [0.1, 0.15) is 19.4 Å². The third-order valence-electron chi connectivity index (χ3n) is 2.74. The van der Waals surface area contributed by atoms with Gasteiger partial charge >= 0.3 is 5.97 Å². The molecule has 0 amide bonds. The summed E-state index contributed by atoms with van der Waals surface area (Å²) in [6.45, 7) is 7.91. The molecule has 1 aromatic rings. The number of likely N-dealkylation sites (N-methyl/N-ethyl adjacent to an activating group) is 1. The molecule has 0 saturated heterocycles. The van der Waals surface area contributed by atoms with Crippen molar-refractivity contribution in [2.75, 3.05) is 13.1 Å². The molecule has 6 heteroatoms. The number of nitrogens with zero attached hydrogens (tertiary/aromatic N) is 1. The van der Waals surface area contributed by atoms with Crippen LogP contribution in [0, 0.1) is 0 Å². The van der Waals surface area contributed by atoms with Crippen LogP contribution in [-0.2, 0) is 14.8 Å². The van der Waals surface area contributed by atoms with Crippen LogP contribution >= 0.6 is 0 Å². The lowest BCUT2D eigenvalue weighted by molar-refractivity contribution is -0.131. The smallest absolute Gasteiger partial charge is 0.328 e. The predicted molar refractivity (Wildman–Crippen MR) is 82.4 cm³/mol. The van der Waals surface area contributed by atoms with Crippen molar-refractivity contribution >= 4 is 22.1 Å². The maximum Gasteiger partial charge on any atom is 0.328 e. The summed E-state index contributed by atoms with van der Waals surface area (Å²) >= 11 is 0. The number of aliphatic carboxylic acids is 1. The van der Waals surface area contributed by atoms with Crippen LogP contribution in [0.4, 0.5) is 0 Å². The van der Waals surface area contributed by atoms with E-state index in [0.29, 0.717) is 12.1 Å². The molecule has 0 aliphatic heterocycles. The Labute approximate surface area is 125 Å². The fraction of sp³-hybridized carbons (Fsp3) is 0.267. The fourth-order valence-electron chi connectivity index (χ4n) is 1.74. The normalized spacial score (nSPS) is 12.0. The van der Waals surface area contributed by atoms with Gasteiger partial charge in [0.1, 0.15) is 0 Å². The number of carboxylic acid groups (broad SMARTS) is 1. The van der Waals surface area contributed by atoms with Crippen molar-refractivity contribution in [3.8, 4) is 0 Å². The highest BCUT2D eigenvalue weighted by atomic mass is 32.2. The minimum Gasteiger partial charge on any atom is -0.478 e. The summed E-state index contributed by atoms with van der Waals surface area (Å²) < 4.78 is 26.2. The molecule has 0 spiro atoms. The Bertz CT molecular complexity index is 645. The number of sulfonamides is 1. The van der Waals surface area contributed by atoms with Crippen molar-refractivity contribution in [2.45, 2.75) is 18.7 Å². The van der Waals surface area contributed by atoms with Crippen molar-refractivity contribution in [3.05, 3.63) is 48.1 Å². The van der Waals surface area contributed by atoms with E-state index in [-0.39, 0.29) is 11.4 Å². The van der Waals surface area contributed by atoms with Crippen LogP contribution in [0.3, 0.4) is 0 Å². The molecule has 0 unspecified atom stereocenters. The molecule has 0 bridgehead atoms. The zero-order valence-corrected chi connectivity index (χ0v) is 12.9. The molecule has 1 aromatic carbocycles. The van der Waals surface area contributed by atoms with Crippen LogP contribution < -0.4 is 0 Å². The molecule has 1 rings (SSSR count). The van der Waals surface area contributed by atoms with Gasteiger partial charge in [0.25, 0.3) is 0 Å². The highest BCUT2D eigenvalue weighted by Gasteiger charge is 2.22. The third kappa shape index (κ3) is 4.84. The topological polar surface area (TPSA) is 74.7 Å². The average Bonchev–Trinajstić information content (AvgIpc) is 2.42. The molecule has 0 heterocycles. The Kier molecular flexibility index (Phi) is 5.87. The maximum absolute atomic E-state index is 12.4. The Morgan fingerprint density at radius 1 is 1.33 bits per heavy atom. The zero-order valence-electron chi connectivity index (χ0n) is 12.1. The van der Waals surface area contributed by atoms with Gasteiger partial charge < -0.3 is 5.11 Å². The van der Waals surface area contributed by atoms with E-state index in [1.807, 2.05) is 0 Å². The monoisotopic (exact) mass is 309 g/mol. The first-order chi connectivity index (χ1) is 9.77. The Hall–Kier alpha value is -1.92. The van der Waals surface area contributed by atoms with Crippen LogP contribution in [0.2, 0.25) is 0 Å². The van der Waals surface area contributed by atoms with Crippen molar-refractivity contribution in [3.63, 3.8) is 0 Å². The molecule has 0 fully saturated rings. The summed E-state index contributed by atoms with van der Waals surface area (Å²) in [7, 11) is -3.56. The number of rotatable bonds is 7. The number of carbonyl (C=O) groups is 1. The van der Waals surface area contributed by atoms with E-state index in [1.165, 1.54) is 22.5 Å². The second-order valence-electron chi connectivity index (χ2n) is 4.63. The lowest BCUT2D eigenvalue weighted by atomic mass is 10.2. The molecular weight excluding hydrogens is 290 g/mol. The molecule has 0 aromatic heterocycles. The lowest BCUT2D eigenvalue weighted by Crippen LogP contribution is -2.32. The molecule has 0 aliphatic rings. The standard InChI is InChI=1S/C15H19NO4S/c1-4-16(11-12(2)3)21(19,20)14-8-5-13(6-9-14)7-10-15(17)18/h5-10H,2,4,11H2,1,3H3,(H,17,18)/b10-7+. The molecule has 114 valence electrons. The van der Waals surface area contributed by atoms with E-state index in [0.717, 1.165) is 11.6 Å². The van der Waals surface area contributed by atoms with Gasteiger partial charge in [0, 0.05) is 19.2 Å². The summed E-state index contributed by atoms with van der Waals surface area (Å²) in [4.78, 5) is 10.6. The minimum atomic E-state index is -3.56. The van der Waals surface area contributed by atoms with Crippen molar-refractivity contribution in [2.24, 2.45) is 0 Å². The van der Waals surface area contributed by atoms with Crippen LogP contribution in [0.25, 0.3) is 6.08 Å².